The number of pyridine rings is 1. The van der Waals surface area contributed by atoms with E-state index in [1.807, 2.05) is 18.2 Å². The number of hydrogen-bond acceptors (Lipinski definition) is 6. The molecule has 10 heteroatoms. The molecule has 0 aliphatic carbocycles. The number of anilines is 3. The molecule has 0 saturated carbocycles. The molecule has 2 N–H and O–H groups in total. The maximum Gasteiger partial charge on any atom is 0.323 e. The van der Waals surface area contributed by atoms with Gasteiger partial charge in [-0.05, 0) is 36.4 Å². The molecule has 0 unspecified atom stereocenters. The average molecular weight is 457 g/mol. The monoisotopic (exact) mass is 456 g/mol. The van der Waals surface area contributed by atoms with Gasteiger partial charge in [0, 0.05) is 48.5 Å². The predicted octanol–water partition coefficient (Wildman–Crippen LogP) is 3.73. The predicted molar refractivity (Wildman–Crippen MR) is 123 cm³/mol. The van der Waals surface area contributed by atoms with Crippen molar-refractivity contribution in [2.45, 2.75) is 6.42 Å². The number of rotatable bonds is 5. The molecule has 0 radical (unpaired) electrons. The fourth-order valence-corrected chi connectivity index (χ4v) is 4.02. The molecule has 160 valence electrons. The number of aromatic nitrogens is 2. The zero-order chi connectivity index (χ0) is 21.6. The Bertz CT molecular complexity index is 1040. The fraction of sp³-hybridized carbons (Fsp3) is 0.238. The number of piperazine rings is 1. The molecule has 31 heavy (non-hydrogen) atoms. The molecule has 1 fully saturated rings. The summed E-state index contributed by atoms with van der Waals surface area (Å²) in [5, 5.41) is 8.49. The van der Waals surface area contributed by atoms with Crippen molar-refractivity contribution in [3.63, 3.8) is 0 Å². The highest BCUT2D eigenvalue weighted by Crippen LogP contribution is 2.19. The van der Waals surface area contributed by atoms with E-state index in [9.17, 15) is 9.59 Å². The van der Waals surface area contributed by atoms with Gasteiger partial charge in [-0.1, -0.05) is 17.7 Å². The topological polar surface area (TPSA) is 90.5 Å². The second-order valence-corrected chi connectivity index (χ2v) is 8.26. The van der Waals surface area contributed by atoms with Crippen molar-refractivity contribution >= 4 is 51.5 Å². The molecular formula is C21H21ClN6O2S. The molecule has 1 aromatic carbocycles. The summed E-state index contributed by atoms with van der Waals surface area (Å²) < 4.78 is 0. The third-order valence-electron chi connectivity index (χ3n) is 4.78. The van der Waals surface area contributed by atoms with Crippen LogP contribution in [-0.4, -0.2) is 53.0 Å². The minimum atomic E-state index is -0.188. The minimum Gasteiger partial charge on any atom is -0.353 e. The first-order valence-corrected chi connectivity index (χ1v) is 11.0. The van der Waals surface area contributed by atoms with E-state index in [4.69, 9.17) is 11.6 Å². The highest BCUT2D eigenvalue weighted by atomic mass is 35.5. The van der Waals surface area contributed by atoms with Crippen molar-refractivity contribution in [1.29, 1.82) is 0 Å². The molecule has 3 heterocycles. The third kappa shape index (κ3) is 5.71. The van der Waals surface area contributed by atoms with E-state index in [1.54, 1.807) is 40.7 Å². The number of nitrogens with one attached hydrogen (secondary N) is 2. The number of thiazole rings is 1. The van der Waals surface area contributed by atoms with Gasteiger partial charge < -0.3 is 15.1 Å². The van der Waals surface area contributed by atoms with Gasteiger partial charge in [-0.3, -0.25) is 10.1 Å². The van der Waals surface area contributed by atoms with Crippen molar-refractivity contribution in [1.82, 2.24) is 14.9 Å². The number of benzene rings is 1. The van der Waals surface area contributed by atoms with E-state index in [1.165, 1.54) is 11.3 Å². The Morgan fingerprint density at radius 3 is 2.52 bits per heavy atom. The van der Waals surface area contributed by atoms with Crippen LogP contribution in [0.2, 0.25) is 5.02 Å². The number of urea groups is 1. The average Bonchev–Trinajstić information content (AvgIpc) is 3.22. The van der Waals surface area contributed by atoms with Crippen LogP contribution < -0.4 is 15.5 Å². The van der Waals surface area contributed by atoms with E-state index >= 15 is 0 Å². The number of carbonyl (C=O) groups excluding carboxylic acids is 2. The molecule has 2 aromatic heterocycles. The van der Waals surface area contributed by atoms with Crippen LogP contribution in [0.15, 0.2) is 54.0 Å². The summed E-state index contributed by atoms with van der Waals surface area (Å²) in [6.45, 7) is 2.64. The Labute approximate surface area is 188 Å². The fourth-order valence-electron chi connectivity index (χ4n) is 3.20. The lowest BCUT2D eigenvalue weighted by atomic mass is 10.3. The number of amides is 3. The molecule has 8 nitrogen and oxygen atoms in total. The Morgan fingerprint density at radius 2 is 1.81 bits per heavy atom. The van der Waals surface area contributed by atoms with Crippen LogP contribution in [0.4, 0.5) is 21.4 Å². The van der Waals surface area contributed by atoms with Gasteiger partial charge in [0.25, 0.3) is 0 Å². The summed E-state index contributed by atoms with van der Waals surface area (Å²) in [5.74, 6) is 0.736. The van der Waals surface area contributed by atoms with Crippen LogP contribution in [0.3, 0.4) is 0 Å². The van der Waals surface area contributed by atoms with Crippen molar-refractivity contribution in [3.8, 4) is 0 Å². The Kier molecular flexibility index (Phi) is 6.63. The van der Waals surface area contributed by atoms with E-state index in [2.05, 4.69) is 25.5 Å². The maximum absolute atomic E-state index is 12.6. The van der Waals surface area contributed by atoms with E-state index in [0.29, 0.717) is 34.6 Å². The van der Waals surface area contributed by atoms with Gasteiger partial charge in [-0.15, -0.1) is 11.3 Å². The molecule has 0 bridgehead atoms. The zero-order valence-corrected chi connectivity index (χ0v) is 18.2. The lowest BCUT2D eigenvalue weighted by molar-refractivity contribution is -0.115. The lowest BCUT2D eigenvalue weighted by Gasteiger charge is -2.35. The van der Waals surface area contributed by atoms with E-state index in [-0.39, 0.29) is 18.4 Å². The van der Waals surface area contributed by atoms with Gasteiger partial charge in [0.15, 0.2) is 5.13 Å². The molecule has 0 atom stereocenters. The quantitative estimate of drug-likeness (QED) is 0.610. The first-order chi connectivity index (χ1) is 15.1. The van der Waals surface area contributed by atoms with Gasteiger partial charge in [-0.2, -0.15) is 0 Å². The molecular weight excluding hydrogens is 436 g/mol. The molecule has 1 aliphatic heterocycles. The maximum atomic E-state index is 12.6. The second kappa shape index (κ2) is 9.76. The second-order valence-electron chi connectivity index (χ2n) is 6.97. The Balaban J connectivity index is 1.25. The minimum absolute atomic E-state index is 0.123. The van der Waals surface area contributed by atoms with Gasteiger partial charge in [-0.25, -0.2) is 14.8 Å². The normalized spacial score (nSPS) is 13.7. The van der Waals surface area contributed by atoms with Gasteiger partial charge in [0.05, 0.1) is 12.1 Å². The number of halogens is 1. The highest BCUT2D eigenvalue weighted by Gasteiger charge is 2.22. The molecule has 3 amide bonds. The smallest absolute Gasteiger partial charge is 0.323 e. The molecule has 4 rings (SSSR count). The SMILES string of the molecule is O=C(Cc1csc(NC(=O)N2CCN(c3ccccn3)CC2)n1)Nc1ccc(Cl)cc1. The lowest BCUT2D eigenvalue weighted by Crippen LogP contribution is -2.50. The van der Waals surface area contributed by atoms with Crippen molar-refractivity contribution in [2.75, 3.05) is 41.7 Å². The summed E-state index contributed by atoms with van der Waals surface area (Å²) >= 11 is 7.15. The first kappa shape index (κ1) is 21.1. The van der Waals surface area contributed by atoms with E-state index < -0.39 is 0 Å². The molecule has 3 aromatic rings. The van der Waals surface area contributed by atoms with Crippen LogP contribution in [0.25, 0.3) is 0 Å². The van der Waals surface area contributed by atoms with Crippen LogP contribution in [0.1, 0.15) is 5.69 Å². The summed E-state index contributed by atoms with van der Waals surface area (Å²) in [6.07, 6.45) is 1.89. The van der Waals surface area contributed by atoms with Crippen molar-refractivity contribution in [2.24, 2.45) is 0 Å². The highest BCUT2D eigenvalue weighted by molar-refractivity contribution is 7.13. The molecule has 1 aliphatic rings. The zero-order valence-electron chi connectivity index (χ0n) is 16.6. The van der Waals surface area contributed by atoms with Crippen LogP contribution in [0, 0.1) is 0 Å². The first-order valence-electron chi connectivity index (χ1n) is 9.78. The molecule has 1 saturated heterocycles. The summed E-state index contributed by atoms with van der Waals surface area (Å²) in [4.78, 5) is 37.4. The van der Waals surface area contributed by atoms with Gasteiger partial charge >= 0.3 is 6.03 Å². The van der Waals surface area contributed by atoms with Crippen molar-refractivity contribution in [3.05, 3.63) is 64.8 Å². The standard InChI is InChI=1S/C21H21ClN6O2S/c22-15-4-6-16(7-5-15)24-19(29)13-17-14-31-20(25-17)26-21(30)28-11-9-27(10-12-28)18-3-1-2-8-23-18/h1-8,14H,9-13H2,(H,24,29)(H,25,26,30). The Morgan fingerprint density at radius 1 is 1.03 bits per heavy atom. The number of hydrogen-bond donors (Lipinski definition) is 2. The summed E-state index contributed by atoms with van der Waals surface area (Å²) in [6, 6.07) is 12.5. The van der Waals surface area contributed by atoms with Gasteiger partial charge in [0.2, 0.25) is 5.91 Å². The van der Waals surface area contributed by atoms with Crippen molar-refractivity contribution < 1.29 is 9.59 Å². The largest absolute Gasteiger partial charge is 0.353 e. The Hall–Kier alpha value is -3.17. The molecule has 0 spiro atoms. The number of nitrogens with zero attached hydrogens (tertiary/aromatic N) is 4. The number of carbonyl (C=O) groups is 2. The third-order valence-corrected chi connectivity index (χ3v) is 5.83. The summed E-state index contributed by atoms with van der Waals surface area (Å²) in [7, 11) is 0. The van der Waals surface area contributed by atoms with Crippen LogP contribution >= 0.6 is 22.9 Å². The van der Waals surface area contributed by atoms with Crippen LogP contribution in [-0.2, 0) is 11.2 Å². The summed E-state index contributed by atoms with van der Waals surface area (Å²) in [5.41, 5.74) is 1.27. The van der Waals surface area contributed by atoms with E-state index in [0.717, 1.165) is 18.9 Å². The van der Waals surface area contributed by atoms with Crippen LogP contribution in [0.5, 0.6) is 0 Å². The van der Waals surface area contributed by atoms with Gasteiger partial charge in [0.1, 0.15) is 5.82 Å².